The van der Waals surface area contributed by atoms with Crippen LogP contribution >= 0.6 is 0 Å². The standard InChI is InChI=1S/C34H49N7O4/c1-23(2)20-28(33(45)41-29(24(3)4)22-38-30(42)18-17-25-12-7-5-8-13-25)40-32(44)27(16-11-19-37-34(35)36)39-31(43)21-26-14-9-6-10-15-26/h5-10,12-15,17-18,23-24,27-29H,11,16,19-22H2,1-4H3,(H,38,42)(H,39,43)(H,40,44)(H,41,45)(H4,35,36,37)/t27-,28-,29-/m0/s1. The normalized spacial score (nSPS) is 13.1. The number of carbonyl (C=O) groups is 4. The second-order valence-corrected chi connectivity index (χ2v) is 11.8. The molecule has 2 aromatic rings. The van der Waals surface area contributed by atoms with Gasteiger partial charge in [-0.2, -0.15) is 0 Å². The number of hydrogen-bond acceptors (Lipinski definition) is 5. The van der Waals surface area contributed by atoms with E-state index in [1.807, 2.05) is 88.4 Å². The molecule has 45 heavy (non-hydrogen) atoms. The van der Waals surface area contributed by atoms with E-state index in [2.05, 4.69) is 26.3 Å². The predicted molar refractivity (Wildman–Crippen MR) is 179 cm³/mol. The van der Waals surface area contributed by atoms with Gasteiger partial charge in [-0.25, -0.2) is 0 Å². The third-order valence-electron chi connectivity index (χ3n) is 7.00. The van der Waals surface area contributed by atoms with E-state index in [0.717, 1.165) is 11.1 Å². The lowest BCUT2D eigenvalue weighted by Crippen LogP contribution is -2.57. The molecule has 0 aromatic heterocycles. The van der Waals surface area contributed by atoms with E-state index in [-0.39, 0.29) is 60.9 Å². The zero-order valence-electron chi connectivity index (χ0n) is 26.8. The summed E-state index contributed by atoms with van der Waals surface area (Å²) in [5.74, 6) is -1.38. The topological polar surface area (TPSA) is 181 Å². The number of aliphatic imine (C=N–C) groups is 1. The summed E-state index contributed by atoms with van der Waals surface area (Å²) in [6.45, 7) is 8.31. The van der Waals surface area contributed by atoms with E-state index >= 15 is 0 Å². The van der Waals surface area contributed by atoms with Gasteiger partial charge < -0.3 is 32.7 Å². The van der Waals surface area contributed by atoms with Crippen molar-refractivity contribution in [3.8, 4) is 0 Å². The summed E-state index contributed by atoms with van der Waals surface area (Å²) in [7, 11) is 0. The Kier molecular flexibility index (Phi) is 15.9. The molecular formula is C34H49N7O4. The Bertz CT molecular complexity index is 1280. The molecule has 0 aliphatic carbocycles. The molecule has 11 heteroatoms. The highest BCUT2D eigenvalue weighted by Crippen LogP contribution is 2.10. The fourth-order valence-electron chi connectivity index (χ4n) is 4.52. The lowest BCUT2D eigenvalue weighted by Gasteiger charge is -2.28. The van der Waals surface area contributed by atoms with Gasteiger partial charge in [-0.05, 0) is 48.3 Å². The molecule has 0 unspecified atom stereocenters. The fraction of sp³-hybridized carbons (Fsp3) is 0.441. The number of nitrogens with two attached hydrogens (primary N) is 2. The first-order chi connectivity index (χ1) is 21.4. The third kappa shape index (κ3) is 15.1. The molecule has 11 nitrogen and oxygen atoms in total. The summed E-state index contributed by atoms with van der Waals surface area (Å²) in [4.78, 5) is 56.3. The van der Waals surface area contributed by atoms with Crippen LogP contribution in [0.1, 0.15) is 58.1 Å². The summed E-state index contributed by atoms with van der Waals surface area (Å²) >= 11 is 0. The Morgan fingerprint density at radius 2 is 1.44 bits per heavy atom. The van der Waals surface area contributed by atoms with E-state index in [4.69, 9.17) is 11.5 Å². The highest BCUT2D eigenvalue weighted by Gasteiger charge is 2.29. The molecule has 0 saturated carbocycles. The van der Waals surface area contributed by atoms with Crippen LogP contribution in [0, 0.1) is 11.8 Å². The molecule has 4 amide bonds. The number of nitrogens with one attached hydrogen (secondary N) is 4. The minimum Gasteiger partial charge on any atom is -0.370 e. The minimum absolute atomic E-state index is 0.00307. The van der Waals surface area contributed by atoms with Crippen molar-refractivity contribution < 1.29 is 19.2 Å². The average molecular weight is 620 g/mol. The van der Waals surface area contributed by atoms with Gasteiger partial charge in [0, 0.05) is 25.2 Å². The maximum atomic E-state index is 13.5. The van der Waals surface area contributed by atoms with Crippen LogP contribution in [0.5, 0.6) is 0 Å². The van der Waals surface area contributed by atoms with Gasteiger partial charge in [-0.3, -0.25) is 24.2 Å². The molecular weight excluding hydrogens is 570 g/mol. The molecule has 0 fully saturated rings. The zero-order chi connectivity index (χ0) is 33.2. The quantitative estimate of drug-likeness (QED) is 0.0644. The number of guanidine groups is 1. The van der Waals surface area contributed by atoms with E-state index < -0.39 is 18.0 Å². The fourth-order valence-corrected chi connectivity index (χ4v) is 4.52. The molecule has 3 atom stereocenters. The number of benzene rings is 2. The van der Waals surface area contributed by atoms with Crippen LogP contribution in [0.3, 0.4) is 0 Å². The van der Waals surface area contributed by atoms with Crippen LogP contribution in [0.4, 0.5) is 0 Å². The van der Waals surface area contributed by atoms with Crippen molar-refractivity contribution in [2.75, 3.05) is 13.1 Å². The van der Waals surface area contributed by atoms with E-state index in [1.165, 1.54) is 6.08 Å². The van der Waals surface area contributed by atoms with Crippen molar-refractivity contribution in [1.29, 1.82) is 0 Å². The first-order valence-corrected chi connectivity index (χ1v) is 15.4. The van der Waals surface area contributed by atoms with Crippen molar-refractivity contribution in [2.24, 2.45) is 28.3 Å². The van der Waals surface area contributed by atoms with Crippen LogP contribution < -0.4 is 32.7 Å². The van der Waals surface area contributed by atoms with Gasteiger partial charge in [0.25, 0.3) is 0 Å². The van der Waals surface area contributed by atoms with Gasteiger partial charge in [-0.15, -0.1) is 0 Å². The second-order valence-electron chi connectivity index (χ2n) is 11.8. The first kappa shape index (κ1) is 36.5. The molecule has 0 bridgehead atoms. The Hall–Kier alpha value is -4.67. The first-order valence-electron chi connectivity index (χ1n) is 15.4. The summed E-state index contributed by atoms with van der Waals surface area (Å²) in [6, 6.07) is 16.6. The number of nitrogens with zero attached hydrogens (tertiary/aromatic N) is 1. The summed E-state index contributed by atoms with van der Waals surface area (Å²) < 4.78 is 0. The van der Waals surface area contributed by atoms with Gasteiger partial charge in [-0.1, -0.05) is 88.4 Å². The van der Waals surface area contributed by atoms with Gasteiger partial charge >= 0.3 is 0 Å². The second kappa shape index (κ2) is 19.6. The minimum atomic E-state index is -0.894. The van der Waals surface area contributed by atoms with Crippen molar-refractivity contribution >= 4 is 35.7 Å². The Labute approximate surface area is 266 Å². The van der Waals surface area contributed by atoms with Gasteiger partial charge in [0.05, 0.1) is 6.42 Å². The van der Waals surface area contributed by atoms with Crippen molar-refractivity contribution in [2.45, 2.75) is 71.5 Å². The van der Waals surface area contributed by atoms with E-state index in [1.54, 1.807) is 6.08 Å². The maximum absolute atomic E-state index is 13.5. The average Bonchev–Trinajstić information content (AvgIpc) is 2.99. The highest BCUT2D eigenvalue weighted by molar-refractivity contribution is 5.93. The molecule has 2 aromatic carbocycles. The number of amides is 4. The number of carbonyl (C=O) groups excluding carboxylic acids is 4. The molecule has 0 heterocycles. The summed E-state index contributed by atoms with van der Waals surface area (Å²) in [5, 5.41) is 11.5. The molecule has 8 N–H and O–H groups in total. The Morgan fingerprint density at radius 3 is 2.04 bits per heavy atom. The number of hydrogen-bond donors (Lipinski definition) is 6. The molecule has 0 saturated heterocycles. The van der Waals surface area contributed by atoms with Gasteiger partial charge in [0.1, 0.15) is 12.1 Å². The highest BCUT2D eigenvalue weighted by atomic mass is 16.2. The SMILES string of the molecule is CC(C)C[C@H](NC(=O)[C@H](CCCN=C(N)N)NC(=O)Cc1ccccc1)C(=O)N[C@@H](CNC(=O)C=Cc1ccccc1)C(C)C. The zero-order valence-corrected chi connectivity index (χ0v) is 26.8. The predicted octanol–water partition coefficient (Wildman–Crippen LogP) is 2.27. The van der Waals surface area contributed by atoms with E-state index in [0.29, 0.717) is 19.4 Å². The molecule has 244 valence electrons. The molecule has 0 radical (unpaired) electrons. The Balaban J connectivity index is 2.08. The lowest BCUT2D eigenvalue weighted by atomic mass is 9.99. The molecule has 0 aliphatic heterocycles. The lowest BCUT2D eigenvalue weighted by molar-refractivity contribution is -0.132. The summed E-state index contributed by atoms with van der Waals surface area (Å²) in [5.41, 5.74) is 12.6. The van der Waals surface area contributed by atoms with Crippen LogP contribution in [-0.2, 0) is 25.6 Å². The molecule has 0 aliphatic rings. The smallest absolute Gasteiger partial charge is 0.244 e. The van der Waals surface area contributed by atoms with Crippen LogP contribution in [0.15, 0.2) is 71.7 Å². The largest absolute Gasteiger partial charge is 0.370 e. The molecule has 2 rings (SSSR count). The van der Waals surface area contributed by atoms with Crippen LogP contribution in [0.2, 0.25) is 0 Å². The third-order valence-corrected chi connectivity index (χ3v) is 7.00. The van der Waals surface area contributed by atoms with Crippen LogP contribution in [-0.4, -0.2) is 60.8 Å². The molecule has 0 spiro atoms. The number of rotatable bonds is 18. The van der Waals surface area contributed by atoms with Gasteiger partial charge in [0.2, 0.25) is 23.6 Å². The van der Waals surface area contributed by atoms with Crippen LogP contribution in [0.25, 0.3) is 6.08 Å². The summed E-state index contributed by atoms with van der Waals surface area (Å²) in [6.07, 6.45) is 4.38. The maximum Gasteiger partial charge on any atom is 0.244 e. The Morgan fingerprint density at radius 1 is 0.822 bits per heavy atom. The monoisotopic (exact) mass is 619 g/mol. The van der Waals surface area contributed by atoms with E-state index in [9.17, 15) is 19.2 Å². The van der Waals surface area contributed by atoms with Gasteiger partial charge in [0.15, 0.2) is 5.96 Å². The van der Waals surface area contributed by atoms with Crippen molar-refractivity contribution in [3.63, 3.8) is 0 Å². The van der Waals surface area contributed by atoms with Crippen molar-refractivity contribution in [3.05, 3.63) is 77.9 Å². The van der Waals surface area contributed by atoms with Crippen molar-refractivity contribution in [1.82, 2.24) is 21.3 Å².